The molecule has 1 aromatic rings. The van der Waals surface area contributed by atoms with Crippen LogP contribution in [0.2, 0.25) is 0 Å². The fourth-order valence-corrected chi connectivity index (χ4v) is 7.37. The topological polar surface area (TPSA) is 157 Å². The number of carbonyl (C=O) groups excluding carboxylic acids is 3. The second-order valence-corrected chi connectivity index (χ2v) is 15.3. The van der Waals surface area contributed by atoms with Gasteiger partial charge in [0.1, 0.15) is 11.6 Å². The minimum absolute atomic E-state index is 0.156. The fourth-order valence-electron chi connectivity index (χ4n) is 6.00. The molecule has 3 saturated carbocycles. The highest BCUT2D eigenvalue weighted by molar-refractivity contribution is 7.91. The number of hydrogen-bond donors (Lipinski definition) is 2. The zero-order valence-corrected chi connectivity index (χ0v) is 26.4. The highest BCUT2D eigenvalue weighted by Gasteiger charge is 2.62. The van der Waals surface area contributed by atoms with Gasteiger partial charge in [0.2, 0.25) is 27.7 Å². The Morgan fingerprint density at radius 3 is 2.53 bits per heavy atom. The van der Waals surface area contributed by atoms with Crippen LogP contribution in [0.25, 0.3) is 0 Å². The molecule has 1 aliphatic heterocycles. The number of carbonyl (C=O) groups is 3. The van der Waals surface area contributed by atoms with E-state index < -0.39 is 50.6 Å². The Hall–Kier alpha value is -3.22. The average molecular weight is 618 g/mol. The fraction of sp³-hybridized carbons (Fsp3) is 0.700. The van der Waals surface area contributed by atoms with Gasteiger partial charge in [-0.25, -0.2) is 8.42 Å². The van der Waals surface area contributed by atoms with Gasteiger partial charge in [-0.05, 0) is 51.4 Å². The number of nitrogens with zero attached hydrogens (tertiary/aromatic N) is 3. The molecule has 12 nitrogen and oxygen atoms in total. The Kier molecular flexibility index (Phi) is 8.49. The smallest absolute Gasteiger partial charge is 0.319 e. The molecule has 5 unspecified atom stereocenters. The van der Waals surface area contributed by atoms with Crippen molar-refractivity contribution in [1.82, 2.24) is 24.9 Å². The molecule has 0 aromatic carbocycles. The van der Waals surface area contributed by atoms with Crippen LogP contribution in [0.1, 0.15) is 77.8 Å². The molecule has 0 spiro atoms. The first-order chi connectivity index (χ1) is 20.2. The molecule has 3 amide bonds. The molecule has 0 bridgehead atoms. The summed E-state index contributed by atoms with van der Waals surface area (Å²) in [7, 11) is -0.580. The first-order valence-electron chi connectivity index (χ1n) is 15.1. The summed E-state index contributed by atoms with van der Waals surface area (Å²) in [6.07, 6.45) is 7.61. The van der Waals surface area contributed by atoms with Gasteiger partial charge in [-0.3, -0.25) is 19.1 Å². The molecular weight excluding hydrogens is 574 g/mol. The van der Waals surface area contributed by atoms with Crippen LogP contribution in [0, 0.1) is 17.8 Å². The van der Waals surface area contributed by atoms with Gasteiger partial charge in [0.05, 0.1) is 29.9 Å². The second kappa shape index (κ2) is 11.7. The van der Waals surface area contributed by atoms with Crippen molar-refractivity contribution in [2.24, 2.45) is 17.8 Å². The van der Waals surface area contributed by atoms with Crippen molar-refractivity contribution in [3.63, 3.8) is 0 Å². The number of ether oxygens (including phenoxy) is 2. The summed E-state index contributed by atoms with van der Waals surface area (Å²) in [4.78, 5) is 51.5. The maximum atomic E-state index is 13.9. The lowest BCUT2D eigenvalue weighted by atomic mass is 9.92. The van der Waals surface area contributed by atoms with Crippen LogP contribution >= 0.6 is 0 Å². The van der Waals surface area contributed by atoms with E-state index in [1.807, 2.05) is 32.9 Å². The Morgan fingerprint density at radius 2 is 1.86 bits per heavy atom. The standard InChI is InChI=1S/C30H43N5O7S/c1-29(2,3)23-16-24(32-28(31-23)41-5)42-19-14-21-22(15-19)26(37)35(4)13-9-7-6-8-10-18-17-30(18,33-25(21)36)27(38)34-43(39,40)20-11-12-20/h8,10,16,18-22H,6-7,9,11-15,17H2,1-5H3,(H,33,36)(H,34,38). The van der Waals surface area contributed by atoms with Crippen molar-refractivity contribution >= 4 is 27.7 Å². The van der Waals surface area contributed by atoms with Crippen LogP contribution in [0.4, 0.5) is 0 Å². The maximum absolute atomic E-state index is 13.9. The van der Waals surface area contributed by atoms with Crippen LogP contribution in [-0.4, -0.2) is 78.6 Å². The quantitative estimate of drug-likeness (QED) is 0.457. The predicted molar refractivity (Wildman–Crippen MR) is 158 cm³/mol. The number of aromatic nitrogens is 2. The molecule has 1 aromatic heterocycles. The molecule has 5 rings (SSSR count). The van der Waals surface area contributed by atoms with E-state index in [9.17, 15) is 22.8 Å². The third-order valence-corrected chi connectivity index (χ3v) is 10.7. The summed E-state index contributed by atoms with van der Waals surface area (Å²) in [5.74, 6) is -2.82. The lowest BCUT2D eigenvalue weighted by molar-refractivity contribution is -0.140. The number of methoxy groups -OCH3 is 1. The van der Waals surface area contributed by atoms with Gasteiger partial charge in [-0.2, -0.15) is 9.97 Å². The van der Waals surface area contributed by atoms with Crippen molar-refractivity contribution in [1.29, 1.82) is 0 Å². The molecule has 43 heavy (non-hydrogen) atoms. The number of sulfonamides is 1. The molecule has 0 radical (unpaired) electrons. The van der Waals surface area contributed by atoms with Gasteiger partial charge in [0.25, 0.3) is 5.91 Å². The summed E-state index contributed by atoms with van der Waals surface area (Å²) in [6.45, 7) is 6.60. The largest absolute Gasteiger partial charge is 0.474 e. The van der Waals surface area contributed by atoms with Crippen LogP contribution in [0.5, 0.6) is 11.9 Å². The van der Waals surface area contributed by atoms with Crippen molar-refractivity contribution in [2.45, 2.75) is 94.4 Å². The van der Waals surface area contributed by atoms with Gasteiger partial charge in [0, 0.05) is 31.0 Å². The highest BCUT2D eigenvalue weighted by atomic mass is 32.2. The number of amides is 3. The lowest BCUT2D eigenvalue weighted by Gasteiger charge is -2.26. The van der Waals surface area contributed by atoms with Crippen LogP contribution < -0.4 is 19.5 Å². The number of hydrogen-bond acceptors (Lipinski definition) is 9. The predicted octanol–water partition coefficient (Wildman–Crippen LogP) is 2.24. The van der Waals surface area contributed by atoms with E-state index in [2.05, 4.69) is 20.0 Å². The number of rotatable bonds is 6. The zero-order valence-electron chi connectivity index (χ0n) is 25.6. The Balaban J connectivity index is 1.41. The molecule has 2 heterocycles. The molecule has 2 N–H and O–H groups in total. The molecule has 236 valence electrons. The monoisotopic (exact) mass is 617 g/mol. The van der Waals surface area contributed by atoms with Gasteiger partial charge >= 0.3 is 6.01 Å². The highest BCUT2D eigenvalue weighted by Crippen LogP contribution is 2.47. The van der Waals surface area contributed by atoms with E-state index in [1.165, 1.54) is 7.11 Å². The van der Waals surface area contributed by atoms with Gasteiger partial charge in [-0.15, -0.1) is 0 Å². The Morgan fingerprint density at radius 1 is 1.14 bits per heavy atom. The molecule has 0 saturated heterocycles. The summed E-state index contributed by atoms with van der Waals surface area (Å²) in [5, 5.41) is 2.33. The third-order valence-electron chi connectivity index (χ3n) is 8.92. The van der Waals surface area contributed by atoms with E-state index in [0.717, 1.165) is 25.0 Å². The second-order valence-electron chi connectivity index (χ2n) is 13.4. The molecule has 4 aliphatic rings. The summed E-state index contributed by atoms with van der Waals surface area (Å²) >= 11 is 0. The normalized spacial score (nSPS) is 30.0. The summed E-state index contributed by atoms with van der Waals surface area (Å²) in [5.41, 5.74) is -0.949. The minimum Gasteiger partial charge on any atom is -0.474 e. The van der Waals surface area contributed by atoms with Gasteiger partial charge < -0.3 is 19.7 Å². The first-order valence-corrected chi connectivity index (χ1v) is 16.7. The number of allylic oxidation sites excluding steroid dienone is 1. The van der Waals surface area contributed by atoms with Crippen molar-refractivity contribution < 1.29 is 32.3 Å². The van der Waals surface area contributed by atoms with E-state index in [4.69, 9.17) is 9.47 Å². The maximum Gasteiger partial charge on any atom is 0.319 e. The van der Waals surface area contributed by atoms with E-state index in [1.54, 1.807) is 18.0 Å². The van der Waals surface area contributed by atoms with Crippen LogP contribution in [-0.2, 0) is 29.8 Å². The van der Waals surface area contributed by atoms with Crippen molar-refractivity contribution in [3.8, 4) is 11.9 Å². The van der Waals surface area contributed by atoms with Gasteiger partial charge in [-0.1, -0.05) is 32.9 Å². The summed E-state index contributed by atoms with van der Waals surface area (Å²) < 4.78 is 39.0. The molecular formula is C30H43N5O7S. The SMILES string of the molecule is COc1nc(OC2CC3C(=O)NC4(C(=O)NS(=O)(=O)C5CC5)CC4C=CCCCCN(C)C(=O)C3C2)cc(C(C)(C)C)n1. The van der Waals surface area contributed by atoms with E-state index in [-0.39, 0.29) is 36.1 Å². The molecule has 13 heteroatoms. The number of fused-ring (bicyclic) bond motifs is 2. The third kappa shape index (κ3) is 6.81. The lowest BCUT2D eigenvalue weighted by Crippen LogP contribution is -2.54. The molecule has 3 aliphatic carbocycles. The van der Waals surface area contributed by atoms with Crippen molar-refractivity contribution in [3.05, 3.63) is 23.9 Å². The first kappa shape index (κ1) is 31.2. The van der Waals surface area contributed by atoms with Crippen molar-refractivity contribution in [2.75, 3.05) is 20.7 Å². The Bertz CT molecular complexity index is 1400. The summed E-state index contributed by atoms with van der Waals surface area (Å²) in [6, 6.07) is 1.91. The minimum atomic E-state index is -3.80. The molecule has 5 atom stereocenters. The van der Waals surface area contributed by atoms with Crippen LogP contribution in [0.3, 0.4) is 0 Å². The Labute approximate surface area is 253 Å². The van der Waals surface area contributed by atoms with E-state index in [0.29, 0.717) is 31.7 Å². The molecule has 3 fully saturated rings. The van der Waals surface area contributed by atoms with E-state index >= 15 is 0 Å². The zero-order chi connectivity index (χ0) is 31.2. The van der Waals surface area contributed by atoms with Crippen LogP contribution in [0.15, 0.2) is 18.2 Å². The average Bonchev–Trinajstić information content (AvgIpc) is 3.86. The number of nitrogens with one attached hydrogen (secondary N) is 2. The van der Waals surface area contributed by atoms with Gasteiger partial charge in [0.15, 0.2) is 0 Å².